The molecule has 1 amide bonds. The number of benzene rings is 2. The summed E-state index contributed by atoms with van der Waals surface area (Å²) in [5, 5.41) is 2.94. The maximum Gasteiger partial charge on any atom is 0.262 e. The molecule has 2 heterocycles. The highest BCUT2D eigenvalue weighted by Gasteiger charge is 2.17. The summed E-state index contributed by atoms with van der Waals surface area (Å²) in [5.74, 6) is 1.61. The number of piperidine rings is 1. The number of rotatable bonds is 7. The van der Waals surface area contributed by atoms with Crippen molar-refractivity contribution in [2.75, 3.05) is 25.0 Å². The zero-order valence-corrected chi connectivity index (χ0v) is 20.4. The number of carbonyl (C=O) groups is 1. The van der Waals surface area contributed by atoms with E-state index in [0.29, 0.717) is 5.75 Å². The van der Waals surface area contributed by atoms with Crippen molar-refractivity contribution in [3.8, 4) is 5.75 Å². The second kappa shape index (κ2) is 9.96. The number of aryl methyl sites for hydroxylation is 1. The summed E-state index contributed by atoms with van der Waals surface area (Å²) in [6.45, 7) is 12.7. The van der Waals surface area contributed by atoms with E-state index in [-0.39, 0.29) is 17.9 Å². The first-order valence-electron chi connectivity index (χ1n) is 12.1. The fraction of sp³-hybridized carbons (Fsp3) is 0.481. The van der Waals surface area contributed by atoms with Gasteiger partial charge in [0, 0.05) is 12.2 Å². The molecule has 6 nitrogen and oxygen atoms in total. The number of likely N-dealkylation sites (tertiary alicyclic amines) is 1. The van der Waals surface area contributed by atoms with Gasteiger partial charge in [-0.1, -0.05) is 39.3 Å². The van der Waals surface area contributed by atoms with Gasteiger partial charge in [0.2, 0.25) is 0 Å². The standard InChI is InChI=1S/C27H36N4O2/c1-5-31-24-14-11-21(17-23(24)29-25(31)18-30-15-7-6-8-16-30)28-26(32)19-33-22-12-9-20(10-13-22)27(2,3)4/h9-14,17H,5-8,15-16,18-19H2,1-4H3,(H,28,32). The second-order valence-corrected chi connectivity index (χ2v) is 9.92. The van der Waals surface area contributed by atoms with Gasteiger partial charge in [0.15, 0.2) is 6.61 Å². The molecule has 6 heteroatoms. The zero-order chi connectivity index (χ0) is 23.4. The molecule has 1 aromatic heterocycles. The van der Waals surface area contributed by atoms with E-state index in [2.05, 4.69) is 42.5 Å². The van der Waals surface area contributed by atoms with Crippen molar-refractivity contribution in [3.05, 3.63) is 53.9 Å². The van der Waals surface area contributed by atoms with Crippen LogP contribution in [0.2, 0.25) is 0 Å². The number of amides is 1. The molecule has 0 spiro atoms. The molecule has 4 rings (SSSR count). The summed E-state index contributed by atoms with van der Waals surface area (Å²) in [7, 11) is 0. The van der Waals surface area contributed by atoms with E-state index in [1.54, 1.807) is 0 Å². The highest BCUT2D eigenvalue weighted by molar-refractivity contribution is 5.94. The Morgan fingerprint density at radius 1 is 1.06 bits per heavy atom. The fourth-order valence-electron chi connectivity index (χ4n) is 4.45. The highest BCUT2D eigenvalue weighted by atomic mass is 16.5. The molecule has 1 aliphatic rings. The number of hydrogen-bond acceptors (Lipinski definition) is 4. The van der Waals surface area contributed by atoms with Crippen LogP contribution in [0.3, 0.4) is 0 Å². The van der Waals surface area contributed by atoms with Crippen LogP contribution in [0.5, 0.6) is 5.75 Å². The van der Waals surface area contributed by atoms with Crippen LogP contribution in [0.4, 0.5) is 5.69 Å². The number of nitrogens with zero attached hydrogens (tertiary/aromatic N) is 3. The van der Waals surface area contributed by atoms with Gasteiger partial charge in [0.05, 0.1) is 17.6 Å². The Bertz CT molecular complexity index is 1090. The van der Waals surface area contributed by atoms with E-state index in [4.69, 9.17) is 9.72 Å². The molecule has 3 aromatic rings. The monoisotopic (exact) mass is 448 g/mol. The minimum atomic E-state index is -0.183. The lowest BCUT2D eigenvalue weighted by atomic mass is 9.87. The van der Waals surface area contributed by atoms with Crippen molar-refractivity contribution in [1.29, 1.82) is 0 Å². The molecule has 0 radical (unpaired) electrons. The Labute approximate surface area is 196 Å². The van der Waals surface area contributed by atoms with Crippen LogP contribution in [0.25, 0.3) is 11.0 Å². The van der Waals surface area contributed by atoms with Crippen molar-refractivity contribution < 1.29 is 9.53 Å². The lowest BCUT2D eigenvalue weighted by Crippen LogP contribution is -2.30. The first kappa shape index (κ1) is 23.3. The first-order chi connectivity index (χ1) is 15.8. The fourth-order valence-corrected chi connectivity index (χ4v) is 4.45. The number of imidazole rings is 1. The van der Waals surface area contributed by atoms with E-state index in [1.165, 1.54) is 24.8 Å². The topological polar surface area (TPSA) is 59.4 Å². The molecule has 0 bridgehead atoms. The molecule has 1 saturated heterocycles. The molecule has 176 valence electrons. The lowest BCUT2D eigenvalue weighted by Gasteiger charge is -2.26. The molecule has 1 fully saturated rings. The van der Waals surface area contributed by atoms with Gasteiger partial charge >= 0.3 is 0 Å². The van der Waals surface area contributed by atoms with Crippen LogP contribution in [-0.4, -0.2) is 40.1 Å². The molecule has 0 saturated carbocycles. The number of hydrogen-bond donors (Lipinski definition) is 1. The summed E-state index contributed by atoms with van der Waals surface area (Å²) in [4.78, 5) is 19.9. The van der Waals surface area contributed by atoms with Crippen LogP contribution in [-0.2, 0) is 23.3 Å². The van der Waals surface area contributed by atoms with E-state index in [9.17, 15) is 4.79 Å². The van der Waals surface area contributed by atoms with Gasteiger partial charge < -0.3 is 14.6 Å². The molecule has 33 heavy (non-hydrogen) atoms. The molecule has 2 aromatic carbocycles. The van der Waals surface area contributed by atoms with Crippen LogP contribution in [0, 0.1) is 0 Å². The quantitative estimate of drug-likeness (QED) is 0.529. The van der Waals surface area contributed by atoms with Gasteiger partial charge in [0.25, 0.3) is 5.91 Å². The number of ether oxygens (including phenoxy) is 1. The highest BCUT2D eigenvalue weighted by Crippen LogP contribution is 2.25. The second-order valence-electron chi connectivity index (χ2n) is 9.92. The average molecular weight is 449 g/mol. The first-order valence-corrected chi connectivity index (χ1v) is 12.1. The molecule has 0 atom stereocenters. The Hall–Kier alpha value is -2.86. The molecule has 0 aliphatic carbocycles. The normalized spacial score (nSPS) is 15.0. The van der Waals surface area contributed by atoms with Gasteiger partial charge in [-0.2, -0.15) is 0 Å². The minimum Gasteiger partial charge on any atom is -0.484 e. The van der Waals surface area contributed by atoms with E-state index < -0.39 is 0 Å². The number of nitrogens with one attached hydrogen (secondary N) is 1. The predicted molar refractivity (Wildman–Crippen MR) is 134 cm³/mol. The summed E-state index contributed by atoms with van der Waals surface area (Å²) in [6, 6.07) is 13.9. The average Bonchev–Trinajstić information content (AvgIpc) is 3.14. The maximum atomic E-state index is 12.5. The number of fused-ring (bicyclic) bond motifs is 1. The van der Waals surface area contributed by atoms with Crippen LogP contribution in [0.1, 0.15) is 58.3 Å². The van der Waals surface area contributed by atoms with E-state index in [1.807, 2.05) is 42.5 Å². The van der Waals surface area contributed by atoms with Crippen molar-refractivity contribution in [2.45, 2.75) is 65.5 Å². The van der Waals surface area contributed by atoms with Crippen molar-refractivity contribution in [2.24, 2.45) is 0 Å². The third kappa shape index (κ3) is 5.74. The molecule has 1 aliphatic heterocycles. The number of aromatic nitrogens is 2. The summed E-state index contributed by atoms with van der Waals surface area (Å²) >= 11 is 0. The lowest BCUT2D eigenvalue weighted by molar-refractivity contribution is -0.118. The largest absolute Gasteiger partial charge is 0.484 e. The Morgan fingerprint density at radius 3 is 2.45 bits per heavy atom. The van der Waals surface area contributed by atoms with Gasteiger partial charge in [-0.3, -0.25) is 9.69 Å². The summed E-state index contributed by atoms with van der Waals surface area (Å²) in [5.41, 5.74) is 4.09. The van der Waals surface area contributed by atoms with Gasteiger partial charge in [-0.15, -0.1) is 0 Å². The Morgan fingerprint density at radius 2 is 1.79 bits per heavy atom. The van der Waals surface area contributed by atoms with Crippen LogP contribution >= 0.6 is 0 Å². The Balaban J connectivity index is 1.39. The van der Waals surface area contributed by atoms with E-state index in [0.717, 1.165) is 48.7 Å². The number of carbonyl (C=O) groups excluding carboxylic acids is 1. The van der Waals surface area contributed by atoms with Gasteiger partial charge in [-0.25, -0.2) is 4.98 Å². The molecule has 0 unspecified atom stereocenters. The summed E-state index contributed by atoms with van der Waals surface area (Å²) in [6.07, 6.45) is 3.87. The predicted octanol–water partition coefficient (Wildman–Crippen LogP) is 5.36. The summed E-state index contributed by atoms with van der Waals surface area (Å²) < 4.78 is 7.96. The maximum absolute atomic E-state index is 12.5. The molecule has 1 N–H and O–H groups in total. The van der Waals surface area contributed by atoms with E-state index >= 15 is 0 Å². The SMILES string of the molecule is CCn1c(CN2CCCCC2)nc2cc(NC(=O)COc3ccc(C(C)(C)C)cc3)ccc21. The van der Waals surface area contributed by atoms with Crippen molar-refractivity contribution in [3.63, 3.8) is 0 Å². The van der Waals surface area contributed by atoms with Gasteiger partial charge in [-0.05, 0) is 74.2 Å². The third-order valence-corrected chi connectivity index (χ3v) is 6.33. The van der Waals surface area contributed by atoms with Crippen molar-refractivity contribution in [1.82, 2.24) is 14.5 Å². The minimum absolute atomic E-state index is 0.0312. The number of anilines is 1. The van der Waals surface area contributed by atoms with Crippen LogP contribution < -0.4 is 10.1 Å². The van der Waals surface area contributed by atoms with Crippen molar-refractivity contribution >= 4 is 22.6 Å². The Kier molecular flexibility index (Phi) is 7.03. The molecular weight excluding hydrogens is 412 g/mol. The zero-order valence-electron chi connectivity index (χ0n) is 20.4. The smallest absolute Gasteiger partial charge is 0.262 e. The third-order valence-electron chi connectivity index (χ3n) is 6.33. The van der Waals surface area contributed by atoms with Gasteiger partial charge in [0.1, 0.15) is 11.6 Å². The van der Waals surface area contributed by atoms with Crippen LogP contribution in [0.15, 0.2) is 42.5 Å². The molecular formula is C27H36N4O2.